The van der Waals surface area contributed by atoms with Crippen LogP contribution in [0.4, 0.5) is 5.69 Å². The second-order valence-electron chi connectivity index (χ2n) is 3.52. The quantitative estimate of drug-likeness (QED) is 0.570. The number of hydrogen-bond acceptors (Lipinski definition) is 2. The topological polar surface area (TPSA) is 64.4 Å². The Morgan fingerprint density at radius 3 is 2.73 bits per heavy atom. The van der Waals surface area contributed by atoms with Gasteiger partial charge in [0.1, 0.15) is 0 Å². The monoisotopic (exact) mass is 205 g/mol. The third kappa shape index (κ3) is 3.72. The van der Waals surface area contributed by atoms with Gasteiger partial charge in [-0.1, -0.05) is 25.1 Å². The van der Waals surface area contributed by atoms with E-state index in [0.717, 1.165) is 24.9 Å². The number of nitrogens with two attached hydrogens (primary N) is 2. The van der Waals surface area contributed by atoms with Crippen LogP contribution in [-0.4, -0.2) is 12.4 Å². The van der Waals surface area contributed by atoms with Gasteiger partial charge in [-0.3, -0.25) is 0 Å². The van der Waals surface area contributed by atoms with E-state index in [-0.39, 0.29) is 0 Å². The van der Waals surface area contributed by atoms with Gasteiger partial charge in [-0.2, -0.15) is 0 Å². The summed E-state index contributed by atoms with van der Waals surface area (Å²) in [5, 5.41) is 0. The van der Waals surface area contributed by atoms with Gasteiger partial charge in [0.15, 0.2) is 0 Å². The van der Waals surface area contributed by atoms with E-state index >= 15 is 0 Å². The molecule has 0 aromatic heterocycles. The Labute approximate surface area is 91.2 Å². The summed E-state index contributed by atoms with van der Waals surface area (Å²) in [7, 11) is 0. The summed E-state index contributed by atoms with van der Waals surface area (Å²) < 4.78 is 0. The van der Waals surface area contributed by atoms with E-state index in [0.29, 0.717) is 12.4 Å². The zero-order chi connectivity index (χ0) is 11.1. The lowest BCUT2D eigenvalue weighted by Crippen LogP contribution is -2.10. The fourth-order valence-corrected chi connectivity index (χ4v) is 1.45. The normalized spacial score (nSPS) is 11.7. The van der Waals surface area contributed by atoms with E-state index in [2.05, 4.69) is 11.9 Å². The van der Waals surface area contributed by atoms with Crippen molar-refractivity contribution >= 4 is 11.5 Å². The van der Waals surface area contributed by atoms with Gasteiger partial charge < -0.3 is 11.5 Å². The van der Waals surface area contributed by atoms with E-state index in [1.165, 1.54) is 5.56 Å². The van der Waals surface area contributed by atoms with Crippen LogP contribution in [0, 0.1) is 0 Å². The van der Waals surface area contributed by atoms with Crippen molar-refractivity contribution in [1.29, 1.82) is 0 Å². The molecule has 82 valence electrons. The minimum atomic E-state index is 0.639. The van der Waals surface area contributed by atoms with Gasteiger partial charge in [0.25, 0.3) is 0 Å². The van der Waals surface area contributed by atoms with Crippen LogP contribution in [0.25, 0.3) is 0 Å². The summed E-state index contributed by atoms with van der Waals surface area (Å²) in [6.45, 7) is 2.73. The Hall–Kier alpha value is -1.35. The molecule has 0 unspecified atom stereocenters. The van der Waals surface area contributed by atoms with Gasteiger partial charge in [-0.15, -0.1) is 0 Å². The zero-order valence-electron chi connectivity index (χ0n) is 9.24. The first kappa shape index (κ1) is 11.7. The largest absolute Gasteiger partial charge is 0.387 e. The molecule has 1 aromatic rings. The van der Waals surface area contributed by atoms with Crippen LogP contribution in [-0.2, 0) is 6.42 Å². The highest BCUT2D eigenvalue weighted by Crippen LogP contribution is 2.19. The Kier molecular flexibility index (Phi) is 4.84. The van der Waals surface area contributed by atoms with Crippen molar-refractivity contribution in [3.05, 3.63) is 29.8 Å². The molecule has 0 heterocycles. The SMILES string of the molecule is CCCC(N)=Nc1ccccc1CCN. The summed E-state index contributed by atoms with van der Waals surface area (Å²) in [5.41, 5.74) is 13.5. The van der Waals surface area contributed by atoms with Crippen LogP contribution >= 0.6 is 0 Å². The average molecular weight is 205 g/mol. The van der Waals surface area contributed by atoms with Crippen molar-refractivity contribution in [2.75, 3.05) is 6.54 Å². The van der Waals surface area contributed by atoms with Crippen LogP contribution in [0.2, 0.25) is 0 Å². The molecule has 4 N–H and O–H groups in total. The van der Waals surface area contributed by atoms with Gasteiger partial charge >= 0.3 is 0 Å². The number of aliphatic imine (C=N–C) groups is 1. The highest BCUT2D eigenvalue weighted by molar-refractivity contribution is 5.83. The van der Waals surface area contributed by atoms with Gasteiger partial charge in [0.05, 0.1) is 11.5 Å². The summed E-state index contributed by atoms with van der Waals surface area (Å²) in [6, 6.07) is 8.00. The standard InChI is InChI=1S/C12H19N3/c1-2-5-12(14)15-11-7-4-3-6-10(11)8-9-13/h3-4,6-7H,2,5,8-9,13H2,1H3,(H2,14,15). The zero-order valence-corrected chi connectivity index (χ0v) is 9.24. The lowest BCUT2D eigenvalue weighted by Gasteiger charge is -2.05. The molecule has 0 aliphatic rings. The number of benzene rings is 1. The van der Waals surface area contributed by atoms with Gasteiger partial charge in [-0.05, 0) is 31.0 Å². The molecule has 0 amide bonds. The van der Waals surface area contributed by atoms with Gasteiger partial charge in [0.2, 0.25) is 0 Å². The molecular weight excluding hydrogens is 186 g/mol. The molecule has 0 radical (unpaired) electrons. The Morgan fingerprint density at radius 2 is 2.07 bits per heavy atom. The summed E-state index contributed by atoms with van der Waals surface area (Å²) in [4.78, 5) is 4.41. The molecule has 1 aromatic carbocycles. The molecule has 0 fully saturated rings. The van der Waals surface area contributed by atoms with Crippen molar-refractivity contribution in [1.82, 2.24) is 0 Å². The molecule has 0 saturated carbocycles. The highest BCUT2D eigenvalue weighted by Gasteiger charge is 1.99. The molecule has 3 heteroatoms. The molecule has 0 atom stereocenters. The Morgan fingerprint density at radius 1 is 1.33 bits per heavy atom. The number of rotatable bonds is 5. The van der Waals surface area contributed by atoms with Gasteiger partial charge in [0, 0.05) is 6.42 Å². The van der Waals surface area contributed by atoms with Gasteiger partial charge in [-0.25, -0.2) is 4.99 Å². The molecular formula is C12H19N3. The van der Waals surface area contributed by atoms with Crippen LogP contribution in [0.5, 0.6) is 0 Å². The predicted molar refractivity (Wildman–Crippen MR) is 65.4 cm³/mol. The van der Waals surface area contributed by atoms with E-state index in [9.17, 15) is 0 Å². The van der Waals surface area contributed by atoms with E-state index < -0.39 is 0 Å². The second kappa shape index (κ2) is 6.19. The molecule has 0 bridgehead atoms. The van der Waals surface area contributed by atoms with Crippen molar-refractivity contribution in [2.45, 2.75) is 26.2 Å². The molecule has 0 aliphatic carbocycles. The van der Waals surface area contributed by atoms with Crippen molar-refractivity contribution in [2.24, 2.45) is 16.5 Å². The summed E-state index contributed by atoms with van der Waals surface area (Å²) in [5.74, 6) is 0.696. The minimum Gasteiger partial charge on any atom is -0.387 e. The predicted octanol–water partition coefficient (Wildman–Crippen LogP) is 1.98. The first-order valence-corrected chi connectivity index (χ1v) is 5.39. The van der Waals surface area contributed by atoms with Crippen LogP contribution in [0.15, 0.2) is 29.3 Å². The molecule has 0 saturated heterocycles. The van der Waals surface area contributed by atoms with Crippen molar-refractivity contribution in [3.63, 3.8) is 0 Å². The number of amidine groups is 1. The lowest BCUT2D eigenvalue weighted by molar-refractivity contribution is 0.962. The summed E-state index contributed by atoms with van der Waals surface area (Å²) in [6.07, 6.45) is 2.71. The molecule has 15 heavy (non-hydrogen) atoms. The molecule has 1 rings (SSSR count). The number of para-hydroxylation sites is 1. The van der Waals surface area contributed by atoms with Crippen LogP contribution < -0.4 is 11.5 Å². The van der Waals surface area contributed by atoms with E-state index in [4.69, 9.17) is 11.5 Å². The second-order valence-corrected chi connectivity index (χ2v) is 3.52. The molecule has 3 nitrogen and oxygen atoms in total. The average Bonchev–Trinajstić information content (AvgIpc) is 2.21. The first-order valence-electron chi connectivity index (χ1n) is 5.39. The van der Waals surface area contributed by atoms with E-state index in [1.54, 1.807) is 0 Å². The maximum atomic E-state index is 5.80. The maximum absolute atomic E-state index is 5.80. The third-order valence-electron chi connectivity index (χ3n) is 2.18. The first-order chi connectivity index (χ1) is 7.27. The van der Waals surface area contributed by atoms with E-state index in [1.807, 2.05) is 24.3 Å². The number of nitrogens with zero attached hydrogens (tertiary/aromatic N) is 1. The summed E-state index contributed by atoms with van der Waals surface area (Å²) >= 11 is 0. The molecule has 0 spiro atoms. The van der Waals surface area contributed by atoms with Crippen LogP contribution in [0.1, 0.15) is 25.3 Å². The lowest BCUT2D eigenvalue weighted by atomic mass is 10.1. The minimum absolute atomic E-state index is 0.639. The highest BCUT2D eigenvalue weighted by atomic mass is 14.9. The van der Waals surface area contributed by atoms with Crippen molar-refractivity contribution in [3.8, 4) is 0 Å². The Balaban J connectivity index is 2.87. The Bertz CT molecular complexity index is 331. The maximum Gasteiger partial charge on any atom is 0.0996 e. The van der Waals surface area contributed by atoms with Crippen molar-refractivity contribution < 1.29 is 0 Å². The van der Waals surface area contributed by atoms with Crippen LogP contribution in [0.3, 0.4) is 0 Å². The third-order valence-corrected chi connectivity index (χ3v) is 2.18. The molecule has 0 aliphatic heterocycles. The fraction of sp³-hybridized carbons (Fsp3) is 0.417. The number of hydrogen-bond donors (Lipinski definition) is 2. The fourth-order valence-electron chi connectivity index (χ4n) is 1.45. The smallest absolute Gasteiger partial charge is 0.0996 e.